The highest BCUT2D eigenvalue weighted by Gasteiger charge is 2.36. The Morgan fingerprint density at radius 3 is 2.74 bits per heavy atom. The number of nitrogens with zero attached hydrogens (tertiary/aromatic N) is 4. The molecule has 2 atom stereocenters. The number of rotatable bonds is 9. The molecule has 0 radical (unpaired) electrons. The maximum atomic E-state index is 14.1. The summed E-state index contributed by atoms with van der Waals surface area (Å²) in [5, 5.41) is 3.45. The van der Waals surface area contributed by atoms with Gasteiger partial charge in [0.2, 0.25) is 5.91 Å². The molecule has 2 aliphatic rings. The third-order valence-electron chi connectivity index (χ3n) is 6.84. The number of morpholine rings is 1. The van der Waals surface area contributed by atoms with Gasteiger partial charge in [-0.15, -0.1) is 0 Å². The summed E-state index contributed by atoms with van der Waals surface area (Å²) in [7, 11) is 0. The first-order chi connectivity index (χ1) is 17.0. The number of aryl methyl sites for hydroxylation is 1. The molecular formula is C26H39N5O3S. The van der Waals surface area contributed by atoms with Crippen LogP contribution in [0.25, 0.3) is 11.0 Å². The first-order valence-corrected chi connectivity index (χ1v) is 14.2. The Morgan fingerprint density at radius 1 is 1.23 bits per heavy atom. The summed E-state index contributed by atoms with van der Waals surface area (Å²) >= 11 is 1.81. The van der Waals surface area contributed by atoms with E-state index in [1.54, 1.807) is 0 Å². The molecule has 2 aliphatic heterocycles. The van der Waals surface area contributed by atoms with E-state index in [0.29, 0.717) is 64.1 Å². The second-order valence-electron chi connectivity index (χ2n) is 9.96. The van der Waals surface area contributed by atoms with Crippen molar-refractivity contribution < 1.29 is 14.3 Å². The smallest absolute Gasteiger partial charge is 0.290 e. The minimum atomic E-state index is -0.130. The fourth-order valence-corrected chi connectivity index (χ4v) is 5.56. The average molecular weight is 502 g/mol. The quantitative estimate of drug-likeness (QED) is 0.533. The largest absolute Gasteiger partial charge is 0.378 e. The molecule has 2 saturated heterocycles. The highest BCUT2D eigenvalue weighted by Crippen LogP contribution is 2.24. The van der Waals surface area contributed by atoms with E-state index in [-0.39, 0.29) is 23.8 Å². The molecule has 1 aromatic heterocycles. The van der Waals surface area contributed by atoms with Crippen molar-refractivity contribution in [2.45, 2.75) is 39.3 Å². The van der Waals surface area contributed by atoms with Crippen LogP contribution in [0.4, 0.5) is 0 Å². The second kappa shape index (κ2) is 12.2. The van der Waals surface area contributed by atoms with Gasteiger partial charge in [0, 0.05) is 45.3 Å². The summed E-state index contributed by atoms with van der Waals surface area (Å²) in [6, 6.07) is 7.94. The van der Waals surface area contributed by atoms with Crippen LogP contribution < -0.4 is 5.32 Å². The van der Waals surface area contributed by atoms with Crippen LogP contribution >= 0.6 is 11.8 Å². The Kier molecular flexibility index (Phi) is 9.08. The van der Waals surface area contributed by atoms with E-state index in [0.717, 1.165) is 29.8 Å². The van der Waals surface area contributed by atoms with Gasteiger partial charge in [0.25, 0.3) is 5.91 Å². The Morgan fingerprint density at radius 2 is 2.00 bits per heavy atom. The van der Waals surface area contributed by atoms with E-state index in [9.17, 15) is 9.59 Å². The summed E-state index contributed by atoms with van der Waals surface area (Å²) in [5.74, 6) is 1.86. The topological polar surface area (TPSA) is 79.7 Å². The van der Waals surface area contributed by atoms with E-state index >= 15 is 0 Å². The first-order valence-electron chi connectivity index (χ1n) is 12.8. The molecule has 0 unspecified atom stereocenters. The Hall–Kier alpha value is -2.10. The number of ether oxygens (including phenoxy) is 1. The molecule has 0 bridgehead atoms. The van der Waals surface area contributed by atoms with Crippen molar-refractivity contribution in [1.82, 2.24) is 24.7 Å². The van der Waals surface area contributed by atoms with Crippen LogP contribution in [0.3, 0.4) is 0 Å². The lowest BCUT2D eigenvalue weighted by atomic mass is 9.92. The first kappa shape index (κ1) is 26.0. The summed E-state index contributed by atoms with van der Waals surface area (Å²) in [5.41, 5.74) is 1.86. The van der Waals surface area contributed by atoms with Crippen molar-refractivity contribution in [1.29, 1.82) is 0 Å². The van der Waals surface area contributed by atoms with Crippen LogP contribution in [0.2, 0.25) is 0 Å². The Labute approximate surface area is 212 Å². The molecule has 2 aromatic rings. The zero-order valence-corrected chi connectivity index (χ0v) is 22.1. The highest BCUT2D eigenvalue weighted by atomic mass is 32.2. The molecule has 9 heteroatoms. The lowest BCUT2D eigenvalue weighted by Crippen LogP contribution is -2.56. The van der Waals surface area contributed by atoms with Gasteiger partial charge in [0.05, 0.1) is 30.2 Å². The molecule has 0 aliphatic carbocycles. The predicted octanol–water partition coefficient (Wildman–Crippen LogP) is 2.72. The third-order valence-corrected chi connectivity index (χ3v) is 7.54. The minimum Gasteiger partial charge on any atom is -0.378 e. The summed E-state index contributed by atoms with van der Waals surface area (Å²) in [6.07, 6.45) is 3.76. The number of aromatic nitrogens is 2. The molecule has 0 spiro atoms. The number of imidazole rings is 1. The molecule has 4 rings (SSSR count). The van der Waals surface area contributed by atoms with Crippen molar-refractivity contribution in [2.75, 3.05) is 57.9 Å². The van der Waals surface area contributed by atoms with Crippen molar-refractivity contribution in [3.8, 4) is 0 Å². The number of hydrogen-bond donors (Lipinski definition) is 1. The number of hydrogen-bond acceptors (Lipinski definition) is 6. The van der Waals surface area contributed by atoms with Gasteiger partial charge < -0.3 is 24.4 Å². The number of nitrogens with one attached hydrogen (secondary N) is 1. The molecule has 2 amide bonds. The predicted molar refractivity (Wildman–Crippen MR) is 141 cm³/mol. The maximum absolute atomic E-state index is 14.1. The molecule has 2 fully saturated rings. The normalized spacial score (nSPS) is 21.0. The zero-order valence-electron chi connectivity index (χ0n) is 21.2. The van der Waals surface area contributed by atoms with Crippen LogP contribution in [0.15, 0.2) is 24.3 Å². The number of amides is 2. The van der Waals surface area contributed by atoms with Gasteiger partial charge >= 0.3 is 0 Å². The summed E-state index contributed by atoms with van der Waals surface area (Å²) in [4.78, 5) is 36.0. The van der Waals surface area contributed by atoms with E-state index < -0.39 is 0 Å². The minimum absolute atomic E-state index is 0.0367. The van der Waals surface area contributed by atoms with Gasteiger partial charge in [-0.3, -0.25) is 9.59 Å². The highest BCUT2D eigenvalue weighted by molar-refractivity contribution is 7.98. The molecular weight excluding hydrogens is 462 g/mol. The fourth-order valence-electron chi connectivity index (χ4n) is 5.14. The number of fused-ring (bicyclic) bond motifs is 1. The molecule has 1 N–H and O–H groups in total. The van der Waals surface area contributed by atoms with E-state index in [1.807, 2.05) is 45.8 Å². The number of piperidine rings is 1. The van der Waals surface area contributed by atoms with Gasteiger partial charge in [0.1, 0.15) is 0 Å². The van der Waals surface area contributed by atoms with Gasteiger partial charge in [0.15, 0.2) is 5.82 Å². The van der Waals surface area contributed by atoms with Gasteiger partial charge in [-0.25, -0.2) is 4.98 Å². The zero-order chi connectivity index (χ0) is 24.8. The van der Waals surface area contributed by atoms with Gasteiger partial charge in [-0.1, -0.05) is 26.0 Å². The SMILES string of the molecule is CSCCCn1c(C(=O)N(CC(C)C)[C@@H]2CNC[C@H](C(=O)N3CCOCC3)C2)nc2ccccc21. The van der Waals surface area contributed by atoms with Crippen molar-refractivity contribution in [3.63, 3.8) is 0 Å². The monoisotopic (exact) mass is 501 g/mol. The molecule has 8 nitrogen and oxygen atoms in total. The summed E-state index contributed by atoms with van der Waals surface area (Å²) in [6.45, 7) is 9.50. The van der Waals surface area contributed by atoms with Crippen LogP contribution in [-0.2, 0) is 16.1 Å². The second-order valence-corrected chi connectivity index (χ2v) is 10.9. The summed E-state index contributed by atoms with van der Waals surface area (Å²) < 4.78 is 7.51. The van der Waals surface area contributed by atoms with Crippen LogP contribution in [0.5, 0.6) is 0 Å². The number of carbonyl (C=O) groups is 2. The van der Waals surface area contributed by atoms with Crippen molar-refractivity contribution in [2.24, 2.45) is 11.8 Å². The molecule has 1 aromatic carbocycles. The van der Waals surface area contributed by atoms with Crippen LogP contribution in [0, 0.1) is 11.8 Å². The van der Waals surface area contributed by atoms with Gasteiger partial charge in [-0.2, -0.15) is 11.8 Å². The van der Waals surface area contributed by atoms with E-state index in [1.165, 1.54) is 0 Å². The number of thioether (sulfide) groups is 1. The van der Waals surface area contributed by atoms with E-state index in [2.05, 4.69) is 30.0 Å². The van der Waals surface area contributed by atoms with Gasteiger partial charge in [-0.05, 0) is 42.9 Å². The Bertz CT molecular complexity index is 1000. The molecule has 35 heavy (non-hydrogen) atoms. The van der Waals surface area contributed by atoms with E-state index in [4.69, 9.17) is 9.72 Å². The molecule has 0 saturated carbocycles. The molecule has 192 valence electrons. The van der Waals surface area contributed by atoms with Crippen molar-refractivity contribution in [3.05, 3.63) is 30.1 Å². The molecule has 3 heterocycles. The van der Waals surface area contributed by atoms with Crippen molar-refractivity contribution >= 4 is 34.6 Å². The fraction of sp³-hybridized carbons (Fsp3) is 0.654. The number of benzene rings is 1. The van der Waals surface area contributed by atoms with Crippen LogP contribution in [0.1, 0.15) is 37.3 Å². The maximum Gasteiger partial charge on any atom is 0.290 e. The standard InChI is InChI=1S/C26H39N5O3S/c1-19(2)18-31(21-15-20(16-27-17-21)25(32)29-10-12-34-13-11-29)26(33)24-28-22-7-4-5-8-23(22)30(24)9-6-14-35-3/h4-5,7-8,19-21,27H,6,9-18H2,1-3H3/t20-,21+/m1/s1. The number of carbonyl (C=O) groups excluding carboxylic acids is 2. The lowest BCUT2D eigenvalue weighted by molar-refractivity contribution is -0.140. The number of para-hydroxylation sites is 2. The van der Waals surface area contributed by atoms with Crippen LogP contribution in [-0.4, -0.2) is 95.2 Å². The average Bonchev–Trinajstić information content (AvgIpc) is 3.25. The third kappa shape index (κ3) is 6.19. The lowest BCUT2D eigenvalue weighted by Gasteiger charge is -2.40. The Balaban J connectivity index is 1.58.